The SMILES string of the molecule is C[C@@H]1CCN(C[C@@H](C)COc2cnc(C=O)cn2)C1. The Bertz CT molecular complexity index is 408. The maximum atomic E-state index is 10.5. The molecule has 1 aliphatic rings. The van der Waals surface area contributed by atoms with E-state index >= 15 is 0 Å². The largest absolute Gasteiger partial charge is 0.476 e. The molecule has 0 aromatic carbocycles. The molecule has 2 rings (SSSR count). The summed E-state index contributed by atoms with van der Waals surface area (Å²) in [4.78, 5) is 20.9. The lowest BCUT2D eigenvalue weighted by Crippen LogP contribution is -2.29. The first-order valence-corrected chi connectivity index (χ1v) is 6.79. The van der Waals surface area contributed by atoms with E-state index in [9.17, 15) is 4.79 Å². The molecule has 1 aromatic rings. The van der Waals surface area contributed by atoms with Crippen molar-refractivity contribution in [2.24, 2.45) is 11.8 Å². The minimum atomic E-state index is 0.325. The summed E-state index contributed by atoms with van der Waals surface area (Å²) in [6, 6.07) is 0. The standard InChI is InChI=1S/C14H21N3O2/c1-11-3-4-17(7-11)8-12(2)10-19-14-6-15-13(9-18)5-16-14/h5-6,9,11-12H,3-4,7-8,10H2,1-2H3/t11-,12-/m1/s1. The molecule has 1 saturated heterocycles. The summed E-state index contributed by atoms with van der Waals surface area (Å²) >= 11 is 0. The summed E-state index contributed by atoms with van der Waals surface area (Å²) < 4.78 is 5.59. The van der Waals surface area contributed by atoms with Crippen molar-refractivity contribution in [2.45, 2.75) is 20.3 Å². The van der Waals surface area contributed by atoms with Crippen LogP contribution in [-0.2, 0) is 0 Å². The van der Waals surface area contributed by atoms with E-state index in [0.29, 0.717) is 30.4 Å². The quantitative estimate of drug-likeness (QED) is 0.730. The van der Waals surface area contributed by atoms with Gasteiger partial charge in [-0.2, -0.15) is 0 Å². The lowest BCUT2D eigenvalue weighted by Gasteiger charge is -2.20. The van der Waals surface area contributed by atoms with Crippen molar-refractivity contribution in [1.29, 1.82) is 0 Å². The highest BCUT2D eigenvalue weighted by Gasteiger charge is 2.20. The number of carbonyl (C=O) groups is 1. The van der Waals surface area contributed by atoms with E-state index in [1.54, 1.807) is 0 Å². The summed E-state index contributed by atoms with van der Waals surface area (Å²) in [6.07, 6.45) is 4.89. The zero-order chi connectivity index (χ0) is 13.7. The summed E-state index contributed by atoms with van der Waals surface area (Å²) in [7, 11) is 0. The topological polar surface area (TPSA) is 55.3 Å². The molecule has 0 saturated carbocycles. The van der Waals surface area contributed by atoms with Gasteiger partial charge in [-0.1, -0.05) is 13.8 Å². The van der Waals surface area contributed by atoms with Crippen LogP contribution in [0.2, 0.25) is 0 Å². The second-order valence-electron chi connectivity index (χ2n) is 5.47. The van der Waals surface area contributed by atoms with Crippen LogP contribution in [0.4, 0.5) is 0 Å². The van der Waals surface area contributed by atoms with Crippen molar-refractivity contribution < 1.29 is 9.53 Å². The molecular formula is C14H21N3O2. The number of rotatable bonds is 6. The summed E-state index contributed by atoms with van der Waals surface area (Å²) in [5.74, 6) is 1.75. The van der Waals surface area contributed by atoms with E-state index in [1.165, 1.54) is 31.9 Å². The molecule has 1 aliphatic heterocycles. The Morgan fingerprint density at radius 3 is 2.95 bits per heavy atom. The van der Waals surface area contributed by atoms with Gasteiger partial charge in [-0.25, -0.2) is 9.97 Å². The molecule has 5 heteroatoms. The van der Waals surface area contributed by atoms with Gasteiger partial charge in [0.2, 0.25) is 5.88 Å². The van der Waals surface area contributed by atoms with Gasteiger partial charge in [-0.15, -0.1) is 0 Å². The molecule has 0 unspecified atom stereocenters. The first-order chi connectivity index (χ1) is 9.17. The van der Waals surface area contributed by atoms with Crippen LogP contribution in [0, 0.1) is 11.8 Å². The van der Waals surface area contributed by atoms with Gasteiger partial charge in [0.1, 0.15) is 5.69 Å². The third-order valence-electron chi connectivity index (χ3n) is 3.36. The average Bonchev–Trinajstić information content (AvgIpc) is 2.82. The van der Waals surface area contributed by atoms with Gasteiger partial charge in [0.25, 0.3) is 0 Å². The molecule has 2 heterocycles. The van der Waals surface area contributed by atoms with Crippen LogP contribution in [0.25, 0.3) is 0 Å². The zero-order valence-corrected chi connectivity index (χ0v) is 11.6. The van der Waals surface area contributed by atoms with Gasteiger partial charge in [0.15, 0.2) is 6.29 Å². The van der Waals surface area contributed by atoms with E-state index in [2.05, 4.69) is 28.7 Å². The van der Waals surface area contributed by atoms with Gasteiger partial charge < -0.3 is 9.64 Å². The number of carbonyl (C=O) groups excluding carboxylic acids is 1. The number of aromatic nitrogens is 2. The minimum absolute atomic E-state index is 0.325. The Morgan fingerprint density at radius 1 is 1.53 bits per heavy atom. The number of hydrogen-bond acceptors (Lipinski definition) is 5. The van der Waals surface area contributed by atoms with Crippen molar-refractivity contribution in [2.75, 3.05) is 26.2 Å². The Balaban J connectivity index is 1.73. The fraction of sp³-hybridized carbons (Fsp3) is 0.643. The second kappa shape index (κ2) is 6.61. The van der Waals surface area contributed by atoms with E-state index in [0.717, 1.165) is 12.5 Å². The molecule has 0 N–H and O–H groups in total. The van der Waals surface area contributed by atoms with E-state index in [-0.39, 0.29) is 0 Å². The molecule has 1 fully saturated rings. The van der Waals surface area contributed by atoms with Crippen LogP contribution in [0.15, 0.2) is 12.4 Å². The predicted molar refractivity (Wildman–Crippen MR) is 72.3 cm³/mol. The number of ether oxygens (including phenoxy) is 1. The monoisotopic (exact) mass is 263 g/mol. The van der Waals surface area contributed by atoms with Crippen molar-refractivity contribution in [1.82, 2.24) is 14.9 Å². The molecule has 1 aromatic heterocycles. The van der Waals surface area contributed by atoms with Crippen LogP contribution in [0.1, 0.15) is 30.8 Å². The van der Waals surface area contributed by atoms with Crippen LogP contribution in [0.3, 0.4) is 0 Å². The van der Waals surface area contributed by atoms with Crippen molar-refractivity contribution in [3.8, 4) is 5.88 Å². The number of nitrogens with zero attached hydrogens (tertiary/aromatic N) is 3. The summed E-state index contributed by atoms with van der Waals surface area (Å²) in [5, 5.41) is 0. The Morgan fingerprint density at radius 2 is 2.37 bits per heavy atom. The fourth-order valence-electron chi connectivity index (χ4n) is 2.37. The highest BCUT2D eigenvalue weighted by atomic mass is 16.5. The highest BCUT2D eigenvalue weighted by Crippen LogP contribution is 2.16. The molecule has 2 atom stereocenters. The number of likely N-dealkylation sites (tertiary alicyclic amines) is 1. The fourth-order valence-corrected chi connectivity index (χ4v) is 2.37. The van der Waals surface area contributed by atoms with Crippen LogP contribution >= 0.6 is 0 Å². The molecule has 19 heavy (non-hydrogen) atoms. The predicted octanol–water partition coefficient (Wildman–Crippen LogP) is 1.65. The minimum Gasteiger partial charge on any atom is -0.476 e. The van der Waals surface area contributed by atoms with E-state index in [4.69, 9.17) is 4.74 Å². The Kier molecular flexibility index (Phi) is 4.85. The second-order valence-corrected chi connectivity index (χ2v) is 5.47. The smallest absolute Gasteiger partial charge is 0.232 e. The van der Waals surface area contributed by atoms with Gasteiger partial charge in [-0.05, 0) is 18.9 Å². The van der Waals surface area contributed by atoms with Crippen LogP contribution < -0.4 is 4.74 Å². The molecular weight excluding hydrogens is 242 g/mol. The number of hydrogen-bond donors (Lipinski definition) is 0. The molecule has 0 amide bonds. The van der Waals surface area contributed by atoms with Crippen molar-refractivity contribution in [3.63, 3.8) is 0 Å². The highest BCUT2D eigenvalue weighted by molar-refractivity contribution is 5.70. The zero-order valence-electron chi connectivity index (χ0n) is 11.6. The lowest BCUT2D eigenvalue weighted by molar-refractivity contribution is 0.111. The Hall–Kier alpha value is -1.49. The van der Waals surface area contributed by atoms with Crippen LogP contribution in [0.5, 0.6) is 5.88 Å². The molecule has 5 nitrogen and oxygen atoms in total. The normalized spacial score (nSPS) is 21.3. The van der Waals surface area contributed by atoms with Gasteiger partial charge >= 0.3 is 0 Å². The maximum Gasteiger partial charge on any atom is 0.232 e. The van der Waals surface area contributed by atoms with Crippen molar-refractivity contribution >= 4 is 6.29 Å². The summed E-state index contributed by atoms with van der Waals surface area (Å²) in [6.45, 7) is 8.54. The average molecular weight is 263 g/mol. The van der Waals surface area contributed by atoms with Crippen LogP contribution in [-0.4, -0.2) is 47.4 Å². The molecule has 0 radical (unpaired) electrons. The maximum absolute atomic E-state index is 10.5. The Labute approximate surface area is 114 Å². The van der Waals surface area contributed by atoms with Gasteiger partial charge in [0, 0.05) is 19.0 Å². The summed E-state index contributed by atoms with van der Waals surface area (Å²) in [5.41, 5.74) is 0.325. The molecule has 0 aliphatic carbocycles. The van der Waals surface area contributed by atoms with E-state index in [1.807, 2.05) is 0 Å². The number of aldehydes is 1. The third-order valence-corrected chi connectivity index (χ3v) is 3.36. The molecule has 0 spiro atoms. The van der Waals surface area contributed by atoms with Gasteiger partial charge in [0.05, 0.1) is 19.0 Å². The first-order valence-electron chi connectivity index (χ1n) is 6.79. The molecule has 0 bridgehead atoms. The van der Waals surface area contributed by atoms with Gasteiger partial charge in [-0.3, -0.25) is 4.79 Å². The van der Waals surface area contributed by atoms with Crippen molar-refractivity contribution in [3.05, 3.63) is 18.1 Å². The van der Waals surface area contributed by atoms with E-state index < -0.39 is 0 Å². The molecule has 104 valence electrons. The lowest BCUT2D eigenvalue weighted by atomic mass is 10.1. The third kappa shape index (κ3) is 4.28. The first kappa shape index (κ1) is 13.9.